The topological polar surface area (TPSA) is 44.3 Å². The van der Waals surface area contributed by atoms with Crippen LogP contribution in [0.3, 0.4) is 0 Å². The summed E-state index contributed by atoms with van der Waals surface area (Å²) in [7, 11) is 0. The SMILES string of the molecule is CCNc1cnc(CN2CCN(CC(F)(F)F)CC2)cn1. The lowest BCUT2D eigenvalue weighted by molar-refractivity contribution is -0.149. The third-order valence-electron chi connectivity index (χ3n) is 3.32. The van der Waals surface area contributed by atoms with Gasteiger partial charge in [-0.1, -0.05) is 0 Å². The van der Waals surface area contributed by atoms with E-state index < -0.39 is 12.7 Å². The molecule has 1 saturated heterocycles. The second kappa shape index (κ2) is 7.04. The van der Waals surface area contributed by atoms with Crippen molar-refractivity contribution in [2.45, 2.75) is 19.6 Å². The monoisotopic (exact) mass is 303 g/mol. The first-order chi connectivity index (χ1) is 9.96. The fourth-order valence-corrected chi connectivity index (χ4v) is 2.30. The van der Waals surface area contributed by atoms with Crippen molar-refractivity contribution in [1.29, 1.82) is 0 Å². The first-order valence-electron chi connectivity index (χ1n) is 7.02. The second-order valence-corrected chi connectivity index (χ2v) is 5.09. The molecule has 2 heterocycles. The van der Waals surface area contributed by atoms with Gasteiger partial charge in [-0.3, -0.25) is 14.8 Å². The van der Waals surface area contributed by atoms with Gasteiger partial charge in [0, 0.05) is 39.3 Å². The molecule has 0 unspecified atom stereocenters. The zero-order chi connectivity index (χ0) is 15.3. The number of hydrogen-bond donors (Lipinski definition) is 1. The minimum atomic E-state index is -4.12. The third-order valence-corrected chi connectivity index (χ3v) is 3.32. The number of hydrogen-bond acceptors (Lipinski definition) is 5. The molecule has 0 atom stereocenters. The molecule has 21 heavy (non-hydrogen) atoms. The number of alkyl halides is 3. The summed E-state index contributed by atoms with van der Waals surface area (Å²) >= 11 is 0. The molecule has 1 aromatic rings. The van der Waals surface area contributed by atoms with Crippen LogP contribution in [0.2, 0.25) is 0 Å². The quantitative estimate of drug-likeness (QED) is 0.895. The van der Waals surface area contributed by atoms with E-state index in [1.807, 2.05) is 6.92 Å². The molecule has 0 bridgehead atoms. The zero-order valence-electron chi connectivity index (χ0n) is 12.0. The molecule has 0 amide bonds. The predicted octanol–water partition coefficient (Wildman–Crippen LogP) is 1.59. The normalized spacial score (nSPS) is 17.9. The summed E-state index contributed by atoms with van der Waals surface area (Å²) in [4.78, 5) is 12.1. The molecule has 5 nitrogen and oxygen atoms in total. The molecule has 8 heteroatoms. The summed E-state index contributed by atoms with van der Waals surface area (Å²) in [6, 6.07) is 0. The highest BCUT2D eigenvalue weighted by atomic mass is 19.4. The Hall–Kier alpha value is -1.41. The molecule has 1 aliphatic rings. The van der Waals surface area contributed by atoms with Gasteiger partial charge in [-0.2, -0.15) is 13.2 Å². The van der Waals surface area contributed by atoms with Gasteiger partial charge in [-0.25, -0.2) is 4.98 Å². The summed E-state index contributed by atoms with van der Waals surface area (Å²) in [5.74, 6) is 0.733. The number of aromatic nitrogens is 2. The molecule has 1 fully saturated rings. The molecule has 2 rings (SSSR count). The fraction of sp³-hybridized carbons (Fsp3) is 0.692. The predicted molar refractivity (Wildman–Crippen MR) is 74.0 cm³/mol. The molecule has 1 aliphatic heterocycles. The standard InChI is InChI=1S/C13H20F3N5/c1-2-17-12-8-18-11(7-19-12)9-20-3-5-21(6-4-20)10-13(14,15)16/h7-8H,2-6,9-10H2,1H3,(H,17,19). The van der Waals surface area contributed by atoms with Crippen LogP contribution in [0.15, 0.2) is 12.4 Å². The Morgan fingerprint density at radius 3 is 2.29 bits per heavy atom. The van der Waals surface area contributed by atoms with Crippen molar-refractivity contribution in [1.82, 2.24) is 19.8 Å². The minimum Gasteiger partial charge on any atom is -0.369 e. The van der Waals surface area contributed by atoms with Gasteiger partial charge in [-0.05, 0) is 6.92 Å². The van der Waals surface area contributed by atoms with E-state index in [4.69, 9.17) is 0 Å². The van der Waals surface area contributed by atoms with E-state index in [1.54, 1.807) is 12.4 Å². The van der Waals surface area contributed by atoms with Crippen LogP contribution in [-0.4, -0.2) is 65.2 Å². The maximum Gasteiger partial charge on any atom is 0.401 e. The van der Waals surface area contributed by atoms with Gasteiger partial charge in [0.15, 0.2) is 0 Å². The highest BCUT2D eigenvalue weighted by Gasteiger charge is 2.32. The van der Waals surface area contributed by atoms with E-state index in [0.29, 0.717) is 32.7 Å². The fourth-order valence-electron chi connectivity index (χ4n) is 2.30. The molecule has 0 aromatic carbocycles. The van der Waals surface area contributed by atoms with E-state index in [1.165, 1.54) is 4.90 Å². The number of halogens is 3. The van der Waals surface area contributed by atoms with E-state index in [9.17, 15) is 13.2 Å². The molecule has 1 N–H and O–H groups in total. The van der Waals surface area contributed by atoms with Crippen LogP contribution in [0, 0.1) is 0 Å². The molecular weight excluding hydrogens is 283 g/mol. The maximum atomic E-state index is 12.3. The third kappa shape index (κ3) is 5.47. The summed E-state index contributed by atoms with van der Waals surface area (Å²) in [5.41, 5.74) is 0.834. The number of anilines is 1. The highest BCUT2D eigenvalue weighted by Crippen LogP contribution is 2.17. The van der Waals surface area contributed by atoms with E-state index >= 15 is 0 Å². The van der Waals surface area contributed by atoms with E-state index in [2.05, 4.69) is 20.2 Å². The average Bonchev–Trinajstić information content (AvgIpc) is 2.42. The van der Waals surface area contributed by atoms with Crippen molar-refractivity contribution in [3.8, 4) is 0 Å². The summed E-state index contributed by atoms with van der Waals surface area (Å²) in [6.07, 6.45) is -0.728. The summed E-state index contributed by atoms with van der Waals surface area (Å²) in [5, 5.41) is 3.07. The van der Waals surface area contributed by atoms with E-state index in [-0.39, 0.29) is 0 Å². The minimum absolute atomic E-state index is 0.433. The van der Waals surface area contributed by atoms with Crippen LogP contribution in [0.25, 0.3) is 0 Å². The van der Waals surface area contributed by atoms with Crippen LogP contribution in [0.4, 0.5) is 19.0 Å². The van der Waals surface area contributed by atoms with Crippen LogP contribution in [0.5, 0.6) is 0 Å². The van der Waals surface area contributed by atoms with Crippen molar-refractivity contribution < 1.29 is 13.2 Å². The van der Waals surface area contributed by atoms with Gasteiger partial charge in [0.1, 0.15) is 5.82 Å². The number of nitrogens with zero attached hydrogens (tertiary/aromatic N) is 4. The van der Waals surface area contributed by atoms with Gasteiger partial charge in [0.25, 0.3) is 0 Å². The lowest BCUT2D eigenvalue weighted by Gasteiger charge is -2.34. The number of piperazine rings is 1. The lowest BCUT2D eigenvalue weighted by Crippen LogP contribution is -2.48. The van der Waals surface area contributed by atoms with Crippen LogP contribution in [0.1, 0.15) is 12.6 Å². The number of nitrogens with one attached hydrogen (secondary N) is 1. The summed E-state index contributed by atoms with van der Waals surface area (Å²) in [6.45, 7) is 4.67. The second-order valence-electron chi connectivity index (χ2n) is 5.09. The Morgan fingerprint density at radius 2 is 1.76 bits per heavy atom. The van der Waals surface area contributed by atoms with Crippen molar-refractivity contribution in [2.24, 2.45) is 0 Å². The first kappa shape index (κ1) is 16.0. The molecule has 0 spiro atoms. The lowest BCUT2D eigenvalue weighted by atomic mass is 10.3. The smallest absolute Gasteiger partial charge is 0.369 e. The van der Waals surface area contributed by atoms with Crippen molar-refractivity contribution >= 4 is 5.82 Å². The van der Waals surface area contributed by atoms with Crippen LogP contribution >= 0.6 is 0 Å². The van der Waals surface area contributed by atoms with Gasteiger partial charge in [0.2, 0.25) is 0 Å². The first-order valence-corrected chi connectivity index (χ1v) is 7.02. The van der Waals surface area contributed by atoms with Crippen molar-refractivity contribution in [3.63, 3.8) is 0 Å². The van der Waals surface area contributed by atoms with Crippen LogP contribution in [-0.2, 0) is 6.54 Å². The molecular formula is C13H20F3N5. The van der Waals surface area contributed by atoms with Crippen molar-refractivity contribution in [2.75, 3.05) is 44.6 Å². The molecule has 0 radical (unpaired) electrons. The van der Waals surface area contributed by atoms with E-state index in [0.717, 1.165) is 18.1 Å². The largest absolute Gasteiger partial charge is 0.401 e. The van der Waals surface area contributed by atoms with Gasteiger partial charge in [0.05, 0.1) is 24.6 Å². The van der Waals surface area contributed by atoms with Gasteiger partial charge in [-0.15, -0.1) is 0 Å². The van der Waals surface area contributed by atoms with Crippen LogP contribution < -0.4 is 5.32 Å². The van der Waals surface area contributed by atoms with Gasteiger partial charge >= 0.3 is 6.18 Å². The Morgan fingerprint density at radius 1 is 1.10 bits per heavy atom. The molecule has 0 aliphatic carbocycles. The Labute approximate surface area is 122 Å². The Balaban J connectivity index is 1.78. The maximum absolute atomic E-state index is 12.3. The molecule has 0 saturated carbocycles. The zero-order valence-corrected chi connectivity index (χ0v) is 12.0. The molecule has 118 valence electrons. The van der Waals surface area contributed by atoms with Crippen molar-refractivity contribution in [3.05, 3.63) is 18.1 Å². The highest BCUT2D eigenvalue weighted by molar-refractivity contribution is 5.30. The Kier molecular flexibility index (Phi) is 5.35. The molecule has 1 aromatic heterocycles. The average molecular weight is 303 g/mol. The summed E-state index contributed by atoms with van der Waals surface area (Å²) < 4.78 is 36.9. The number of rotatable bonds is 5. The van der Waals surface area contributed by atoms with Gasteiger partial charge < -0.3 is 5.32 Å². The Bertz CT molecular complexity index is 426.